The zero-order valence-corrected chi connectivity index (χ0v) is 15.6. The van der Waals surface area contributed by atoms with Crippen LogP contribution in [0.2, 0.25) is 0 Å². The van der Waals surface area contributed by atoms with Crippen LogP contribution in [-0.4, -0.2) is 31.6 Å². The predicted molar refractivity (Wildman–Crippen MR) is 91.4 cm³/mol. The molecule has 6 atom stereocenters. The Kier molecular flexibility index (Phi) is 4.80. The molecule has 0 saturated heterocycles. The fraction of sp³-hybridized carbons (Fsp3) is 0.900. The van der Waals surface area contributed by atoms with E-state index in [-0.39, 0.29) is 28.8 Å². The second-order valence-electron chi connectivity index (χ2n) is 8.90. The molecule has 0 spiro atoms. The molecule has 0 amide bonds. The molecule has 3 aliphatic rings. The van der Waals surface area contributed by atoms with Gasteiger partial charge in [-0.3, -0.25) is 9.59 Å². The molecular formula is C20H32O4. The highest BCUT2D eigenvalue weighted by molar-refractivity contribution is 5.83. The van der Waals surface area contributed by atoms with E-state index in [1.807, 2.05) is 0 Å². The third-order valence-corrected chi connectivity index (χ3v) is 7.51. The molecule has 4 nitrogen and oxygen atoms in total. The van der Waals surface area contributed by atoms with Gasteiger partial charge in [-0.1, -0.05) is 20.3 Å². The Hall–Kier alpha value is -0.900. The van der Waals surface area contributed by atoms with Crippen molar-refractivity contribution < 1.29 is 19.1 Å². The minimum absolute atomic E-state index is 0.0840. The molecule has 5 unspecified atom stereocenters. The first-order chi connectivity index (χ1) is 11.3. The van der Waals surface area contributed by atoms with Crippen molar-refractivity contribution in [2.45, 2.75) is 71.8 Å². The van der Waals surface area contributed by atoms with E-state index in [1.165, 1.54) is 13.3 Å². The smallest absolute Gasteiger partial charge is 0.302 e. The monoisotopic (exact) mass is 336 g/mol. The van der Waals surface area contributed by atoms with Crippen LogP contribution in [0.4, 0.5) is 0 Å². The molecule has 3 saturated carbocycles. The lowest BCUT2D eigenvalue weighted by molar-refractivity contribution is -0.171. The van der Waals surface area contributed by atoms with E-state index < -0.39 is 0 Å². The quantitative estimate of drug-likeness (QED) is 0.736. The summed E-state index contributed by atoms with van der Waals surface area (Å²) in [5.74, 6) is 1.16. The van der Waals surface area contributed by atoms with Crippen molar-refractivity contribution in [1.29, 1.82) is 0 Å². The summed E-state index contributed by atoms with van der Waals surface area (Å²) < 4.78 is 11.1. The van der Waals surface area contributed by atoms with Crippen molar-refractivity contribution in [3.05, 3.63) is 0 Å². The molecule has 0 aromatic rings. The number of Topliss-reactive ketones (excluding diaryl/α,β-unsaturated/α-hetero) is 1. The molecule has 0 heterocycles. The molecule has 0 bridgehead atoms. The van der Waals surface area contributed by atoms with Gasteiger partial charge in [-0.2, -0.15) is 0 Å². The van der Waals surface area contributed by atoms with Gasteiger partial charge in [0.25, 0.3) is 0 Å². The first kappa shape index (κ1) is 17.9. The van der Waals surface area contributed by atoms with Gasteiger partial charge in [0.2, 0.25) is 0 Å². The van der Waals surface area contributed by atoms with Crippen molar-refractivity contribution in [2.24, 2.45) is 28.6 Å². The fourth-order valence-electron chi connectivity index (χ4n) is 6.19. The molecule has 24 heavy (non-hydrogen) atoms. The molecule has 0 aromatic carbocycles. The van der Waals surface area contributed by atoms with Gasteiger partial charge in [0.05, 0.1) is 12.7 Å². The van der Waals surface area contributed by atoms with Gasteiger partial charge in [-0.05, 0) is 49.4 Å². The number of carbonyl (C=O) groups is 2. The first-order valence-corrected chi connectivity index (χ1v) is 9.49. The van der Waals surface area contributed by atoms with E-state index in [0.717, 1.165) is 32.1 Å². The summed E-state index contributed by atoms with van der Waals surface area (Å²) in [5.41, 5.74) is 0.0717. The van der Waals surface area contributed by atoms with E-state index in [0.29, 0.717) is 30.6 Å². The molecule has 3 rings (SSSR count). The van der Waals surface area contributed by atoms with Crippen molar-refractivity contribution >= 4 is 11.8 Å². The van der Waals surface area contributed by atoms with Gasteiger partial charge in [0.15, 0.2) is 0 Å². The molecular weight excluding hydrogens is 304 g/mol. The first-order valence-electron chi connectivity index (χ1n) is 9.49. The molecule has 136 valence electrons. The number of esters is 1. The van der Waals surface area contributed by atoms with Crippen LogP contribution in [0.5, 0.6) is 0 Å². The lowest BCUT2D eigenvalue weighted by Gasteiger charge is -2.60. The molecule has 4 heteroatoms. The van der Waals surface area contributed by atoms with Gasteiger partial charge < -0.3 is 9.47 Å². The molecule has 0 N–H and O–H groups in total. The van der Waals surface area contributed by atoms with E-state index in [2.05, 4.69) is 13.8 Å². The highest BCUT2D eigenvalue weighted by atomic mass is 16.5. The standard InChI is InChI=1S/C20H32O4/c1-13(21)24-12-19(2)8-5-9-20(3)16-10-14(23-4)6-7-15(16)17(22)11-18(19)20/h14-16,18H,5-12H2,1-4H3/t14?,15?,16?,18?,19-,20?/m1/s1. The maximum atomic E-state index is 12.9. The third kappa shape index (κ3) is 2.91. The van der Waals surface area contributed by atoms with Gasteiger partial charge in [-0.25, -0.2) is 0 Å². The van der Waals surface area contributed by atoms with Crippen molar-refractivity contribution in [3.63, 3.8) is 0 Å². The highest BCUT2D eigenvalue weighted by Crippen LogP contribution is 2.63. The van der Waals surface area contributed by atoms with E-state index >= 15 is 0 Å². The zero-order valence-electron chi connectivity index (χ0n) is 15.6. The topological polar surface area (TPSA) is 52.6 Å². The molecule has 0 radical (unpaired) electrons. The number of rotatable bonds is 3. The number of methoxy groups -OCH3 is 1. The van der Waals surface area contributed by atoms with Crippen molar-refractivity contribution in [1.82, 2.24) is 0 Å². The van der Waals surface area contributed by atoms with Gasteiger partial charge in [-0.15, -0.1) is 0 Å². The predicted octanol–water partition coefficient (Wildman–Crippen LogP) is 3.77. The van der Waals surface area contributed by atoms with E-state index in [1.54, 1.807) is 7.11 Å². The Morgan fingerprint density at radius 2 is 2.00 bits per heavy atom. The van der Waals surface area contributed by atoms with Crippen LogP contribution in [0.15, 0.2) is 0 Å². The molecule has 0 aliphatic heterocycles. The van der Waals surface area contributed by atoms with Crippen LogP contribution in [0.1, 0.15) is 65.7 Å². The summed E-state index contributed by atoms with van der Waals surface area (Å²) in [6.07, 6.45) is 7.31. The fourth-order valence-corrected chi connectivity index (χ4v) is 6.19. The summed E-state index contributed by atoms with van der Waals surface area (Å²) in [6.45, 7) is 6.53. The summed E-state index contributed by atoms with van der Waals surface area (Å²) in [4.78, 5) is 24.2. The largest absolute Gasteiger partial charge is 0.465 e. The van der Waals surface area contributed by atoms with E-state index in [9.17, 15) is 9.59 Å². The number of ether oxygens (including phenoxy) is 2. The van der Waals surface area contributed by atoms with Gasteiger partial charge >= 0.3 is 5.97 Å². The Labute approximate surface area is 145 Å². The normalized spacial score (nSPS) is 45.2. The average molecular weight is 336 g/mol. The van der Waals surface area contributed by atoms with Gasteiger partial charge in [0, 0.05) is 31.8 Å². The van der Waals surface area contributed by atoms with Crippen molar-refractivity contribution in [3.8, 4) is 0 Å². The SMILES string of the molecule is COC1CCC2C(=O)CC3C(C)(CCC[C@]3(C)COC(C)=O)C2C1. The van der Waals surface area contributed by atoms with Crippen LogP contribution in [-0.2, 0) is 19.1 Å². The minimum Gasteiger partial charge on any atom is -0.465 e. The Morgan fingerprint density at radius 3 is 2.67 bits per heavy atom. The average Bonchev–Trinajstić information content (AvgIpc) is 2.55. The maximum absolute atomic E-state index is 12.9. The lowest BCUT2D eigenvalue weighted by Crippen LogP contribution is -2.58. The maximum Gasteiger partial charge on any atom is 0.302 e. The van der Waals surface area contributed by atoms with E-state index in [4.69, 9.17) is 9.47 Å². The molecule has 0 aromatic heterocycles. The Bertz CT molecular complexity index is 516. The lowest BCUT2D eigenvalue weighted by atomic mass is 9.44. The molecule has 3 fully saturated rings. The van der Waals surface area contributed by atoms with Gasteiger partial charge in [0.1, 0.15) is 5.78 Å². The van der Waals surface area contributed by atoms with Crippen LogP contribution in [0, 0.1) is 28.6 Å². The second kappa shape index (κ2) is 6.44. The van der Waals surface area contributed by atoms with Crippen molar-refractivity contribution in [2.75, 3.05) is 13.7 Å². The van der Waals surface area contributed by atoms with Crippen LogP contribution in [0.25, 0.3) is 0 Å². The van der Waals surface area contributed by atoms with Crippen LogP contribution in [0.3, 0.4) is 0 Å². The third-order valence-electron chi connectivity index (χ3n) is 7.51. The minimum atomic E-state index is -0.222. The number of hydrogen-bond acceptors (Lipinski definition) is 4. The Balaban J connectivity index is 1.89. The number of carbonyl (C=O) groups excluding carboxylic acids is 2. The number of fused-ring (bicyclic) bond motifs is 3. The molecule has 3 aliphatic carbocycles. The number of ketones is 1. The summed E-state index contributed by atoms with van der Waals surface area (Å²) in [6, 6.07) is 0. The Morgan fingerprint density at radius 1 is 1.25 bits per heavy atom. The number of hydrogen-bond donors (Lipinski definition) is 0. The summed E-state index contributed by atoms with van der Waals surface area (Å²) in [5, 5.41) is 0. The van der Waals surface area contributed by atoms with Crippen LogP contribution >= 0.6 is 0 Å². The highest BCUT2D eigenvalue weighted by Gasteiger charge is 2.59. The second-order valence-corrected chi connectivity index (χ2v) is 8.90. The zero-order chi connectivity index (χ0) is 17.5. The van der Waals surface area contributed by atoms with Crippen LogP contribution < -0.4 is 0 Å². The summed E-state index contributed by atoms with van der Waals surface area (Å²) >= 11 is 0. The summed E-state index contributed by atoms with van der Waals surface area (Å²) in [7, 11) is 1.79.